The van der Waals surface area contributed by atoms with Gasteiger partial charge in [-0.2, -0.15) is 15.4 Å². The van der Waals surface area contributed by atoms with E-state index in [-0.39, 0.29) is 11.7 Å². The minimum Gasteiger partial charge on any atom is -0.292 e. The third-order valence-corrected chi connectivity index (χ3v) is 3.16. The second-order valence-corrected chi connectivity index (χ2v) is 4.17. The molecule has 0 radical (unpaired) electrons. The van der Waals surface area contributed by atoms with Crippen molar-refractivity contribution in [3.05, 3.63) is 11.4 Å². The lowest BCUT2D eigenvalue weighted by atomic mass is 9.85. The summed E-state index contributed by atoms with van der Waals surface area (Å²) >= 11 is 0. The molecule has 1 aromatic rings. The van der Waals surface area contributed by atoms with E-state index in [1.807, 2.05) is 6.92 Å². The van der Waals surface area contributed by atoms with Gasteiger partial charge in [-0.15, -0.1) is 0 Å². The lowest BCUT2D eigenvalue weighted by Gasteiger charge is -2.19. The van der Waals surface area contributed by atoms with Crippen LogP contribution in [0.2, 0.25) is 0 Å². The number of nitrogens with zero attached hydrogens (tertiary/aromatic N) is 2. The van der Waals surface area contributed by atoms with Crippen LogP contribution in [-0.4, -0.2) is 21.2 Å². The highest BCUT2D eigenvalue weighted by atomic mass is 16.1. The number of aryl methyl sites for hydroxylation is 1. The van der Waals surface area contributed by atoms with Crippen molar-refractivity contribution in [2.45, 2.75) is 45.4 Å². The summed E-state index contributed by atoms with van der Waals surface area (Å²) in [5.41, 5.74) is 1.38. The Kier molecular flexibility index (Phi) is 3.14. The molecule has 0 unspecified atom stereocenters. The van der Waals surface area contributed by atoms with Crippen molar-refractivity contribution in [1.82, 2.24) is 15.4 Å². The van der Waals surface area contributed by atoms with Crippen LogP contribution in [-0.2, 0) is 6.42 Å². The van der Waals surface area contributed by atoms with Gasteiger partial charge in [-0.1, -0.05) is 26.2 Å². The molecule has 0 aliphatic heterocycles. The van der Waals surface area contributed by atoms with Crippen LogP contribution in [0.15, 0.2) is 0 Å². The first-order chi connectivity index (χ1) is 7.33. The number of aromatic nitrogens is 3. The predicted molar refractivity (Wildman–Crippen MR) is 56.7 cm³/mol. The predicted octanol–water partition coefficient (Wildman–Crippen LogP) is 2.13. The molecule has 15 heavy (non-hydrogen) atoms. The van der Waals surface area contributed by atoms with Crippen molar-refractivity contribution in [3.8, 4) is 0 Å². The second-order valence-electron chi connectivity index (χ2n) is 4.17. The maximum absolute atomic E-state index is 12.1. The second kappa shape index (κ2) is 4.55. The fourth-order valence-electron chi connectivity index (χ4n) is 2.25. The average Bonchev–Trinajstić information content (AvgIpc) is 2.77. The summed E-state index contributed by atoms with van der Waals surface area (Å²) in [5, 5.41) is 10.5. The summed E-state index contributed by atoms with van der Waals surface area (Å²) in [6.07, 6.45) is 6.43. The summed E-state index contributed by atoms with van der Waals surface area (Å²) < 4.78 is 0. The van der Waals surface area contributed by atoms with Crippen LogP contribution in [0.1, 0.15) is 55.2 Å². The molecule has 2 rings (SSSR count). The van der Waals surface area contributed by atoms with Gasteiger partial charge in [0.2, 0.25) is 0 Å². The highest BCUT2D eigenvalue weighted by Gasteiger charge is 2.26. The molecule has 0 aromatic carbocycles. The van der Waals surface area contributed by atoms with E-state index < -0.39 is 0 Å². The summed E-state index contributed by atoms with van der Waals surface area (Å²) in [5.74, 6) is 0.384. The fraction of sp³-hybridized carbons (Fsp3) is 0.727. The maximum Gasteiger partial charge on any atom is 0.188 e. The first kappa shape index (κ1) is 10.3. The van der Waals surface area contributed by atoms with Gasteiger partial charge < -0.3 is 0 Å². The summed E-state index contributed by atoms with van der Waals surface area (Å²) in [7, 11) is 0. The van der Waals surface area contributed by atoms with Crippen LogP contribution in [0.3, 0.4) is 0 Å². The molecule has 0 saturated heterocycles. The first-order valence-electron chi connectivity index (χ1n) is 5.76. The molecule has 1 heterocycles. The zero-order valence-corrected chi connectivity index (χ0v) is 9.12. The zero-order valence-electron chi connectivity index (χ0n) is 9.12. The van der Waals surface area contributed by atoms with Crippen molar-refractivity contribution in [1.29, 1.82) is 0 Å². The lowest BCUT2D eigenvalue weighted by Crippen LogP contribution is -2.19. The third kappa shape index (κ3) is 2.08. The number of carbonyl (C=O) groups excluding carboxylic acids is 1. The van der Waals surface area contributed by atoms with Crippen LogP contribution in [0.5, 0.6) is 0 Å². The van der Waals surface area contributed by atoms with Gasteiger partial charge in [-0.05, 0) is 19.3 Å². The minimum absolute atomic E-state index is 0.189. The number of nitrogens with one attached hydrogen (secondary N) is 1. The molecule has 1 saturated carbocycles. The first-order valence-corrected chi connectivity index (χ1v) is 5.76. The zero-order chi connectivity index (χ0) is 10.7. The van der Waals surface area contributed by atoms with Gasteiger partial charge in [-0.25, -0.2) is 0 Å². The SMILES string of the molecule is CCc1n[nH]nc1C(=O)C1CCCCC1. The molecule has 4 nitrogen and oxygen atoms in total. The van der Waals surface area contributed by atoms with E-state index in [2.05, 4.69) is 15.4 Å². The smallest absolute Gasteiger partial charge is 0.188 e. The van der Waals surface area contributed by atoms with Crippen LogP contribution in [0, 0.1) is 5.92 Å². The Hall–Kier alpha value is -1.19. The molecule has 1 N–H and O–H groups in total. The van der Waals surface area contributed by atoms with Crippen molar-refractivity contribution in [2.75, 3.05) is 0 Å². The summed E-state index contributed by atoms with van der Waals surface area (Å²) in [6.45, 7) is 2.00. The number of Topliss-reactive ketones (excluding diaryl/α,β-unsaturated/α-hetero) is 1. The Morgan fingerprint density at radius 3 is 2.73 bits per heavy atom. The number of H-pyrrole nitrogens is 1. The standard InChI is InChI=1S/C11H17N3O/c1-2-9-10(13-14-12-9)11(15)8-6-4-3-5-7-8/h8H,2-7H2,1H3,(H,12,13,14). The monoisotopic (exact) mass is 207 g/mol. The van der Waals surface area contributed by atoms with Gasteiger partial charge in [0, 0.05) is 5.92 Å². The molecule has 0 spiro atoms. The van der Waals surface area contributed by atoms with E-state index in [0.717, 1.165) is 25.0 Å². The average molecular weight is 207 g/mol. The van der Waals surface area contributed by atoms with Crippen LogP contribution in [0.25, 0.3) is 0 Å². The molecule has 1 aliphatic carbocycles. The van der Waals surface area contributed by atoms with Gasteiger partial charge in [0.15, 0.2) is 11.5 Å². The van der Waals surface area contributed by atoms with E-state index in [4.69, 9.17) is 0 Å². The summed E-state index contributed by atoms with van der Waals surface area (Å²) in [6, 6.07) is 0. The highest BCUT2D eigenvalue weighted by Crippen LogP contribution is 2.26. The topological polar surface area (TPSA) is 58.6 Å². The number of hydrogen-bond donors (Lipinski definition) is 1. The molecule has 1 aromatic heterocycles. The number of ketones is 1. The molecule has 4 heteroatoms. The maximum atomic E-state index is 12.1. The Balaban J connectivity index is 2.12. The fourth-order valence-corrected chi connectivity index (χ4v) is 2.25. The van der Waals surface area contributed by atoms with Gasteiger partial charge >= 0.3 is 0 Å². The minimum atomic E-state index is 0.189. The number of carbonyl (C=O) groups is 1. The number of rotatable bonds is 3. The highest BCUT2D eigenvalue weighted by molar-refractivity contribution is 5.96. The van der Waals surface area contributed by atoms with Gasteiger partial charge in [0.1, 0.15) is 0 Å². The van der Waals surface area contributed by atoms with Gasteiger partial charge in [0.05, 0.1) is 5.69 Å². The summed E-state index contributed by atoms with van der Waals surface area (Å²) in [4.78, 5) is 12.1. The van der Waals surface area contributed by atoms with Crippen LogP contribution in [0.4, 0.5) is 0 Å². The molecular formula is C11H17N3O. The van der Waals surface area contributed by atoms with E-state index in [1.165, 1.54) is 19.3 Å². The molecule has 82 valence electrons. The Labute approximate surface area is 89.5 Å². The van der Waals surface area contributed by atoms with E-state index in [0.29, 0.717) is 5.69 Å². The Morgan fingerprint density at radius 1 is 1.33 bits per heavy atom. The largest absolute Gasteiger partial charge is 0.292 e. The Bertz CT molecular complexity index is 339. The van der Waals surface area contributed by atoms with Crippen LogP contribution < -0.4 is 0 Å². The quantitative estimate of drug-likeness (QED) is 0.772. The van der Waals surface area contributed by atoms with Crippen LogP contribution >= 0.6 is 0 Å². The molecule has 1 aliphatic rings. The molecular weight excluding hydrogens is 190 g/mol. The molecule has 0 bridgehead atoms. The molecule has 0 atom stereocenters. The lowest BCUT2D eigenvalue weighted by molar-refractivity contribution is 0.0883. The van der Waals surface area contributed by atoms with Gasteiger partial charge in [0.25, 0.3) is 0 Å². The van der Waals surface area contributed by atoms with Crippen molar-refractivity contribution in [2.24, 2.45) is 5.92 Å². The van der Waals surface area contributed by atoms with E-state index >= 15 is 0 Å². The third-order valence-electron chi connectivity index (χ3n) is 3.16. The number of aromatic amines is 1. The van der Waals surface area contributed by atoms with Crippen molar-refractivity contribution in [3.63, 3.8) is 0 Å². The van der Waals surface area contributed by atoms with E-state index in [1.54, 1.807) is 0 Å². The van der Waals surface area contributed by atoms with Gasteiger partial charge in [-0.3, -0.25) is 4.79 Å². The molecule has 0 amide bonds. The van der Waals surface area contributed by atoms with E-state index in [9.17, 15) is 4.79 Å². The van der Waals surface area contributed by atoms with Crippen molar-refractivity contribution >= 4 is 5.78 Å². The normalized spacial score (nSPS) is 17.9. The Morgan fingerprint density at radius 2 is 2.07 bits per heavy atom. The molecule has 1 fully saturated rings. The van der Waals surface area contributed by atoms with Crippen molar-refractivity contribution < 1.29 is 4.79 Å². The number of hydrogen-bond acceptors (Lipinski definition) is 3.